The highest BCUT2D eigenvalue weighted by Crippen LogP contribution is 2.85. The molecule has 1 amide bonds. The van der Waals surface area contributed by atoms with Crippen molar-refractivity contribution in [2.75, 3.05) is 12.4 Å². The van der Waals surface area contributed by atoms with Crippen LogP contribution in [0.1, 0.15) is 12.8 Å². The molecule has 5 rings (SSSR count). The van der Waals surface area contributed by atoms with Gasteiger partial charge in [-0.2, -0.15) is 0 Å². The third-order valence-electron chi connectivity index (χ3n) is 7.21. The lowest BCUT2D eigenvalue weighted by Crippen LogP contribution is -2.59. The molecule has 9 unspecified atom stereocenters. The predicted octanol–water partition coefficient (Wildman–Crippen LogP) is 0.850. The number of carbonyl (C=O) groups excluding carboxylic acids is 1. The highest BCUT2D eigenvalue weighted by molar-refractivity contribution is 6.27. The highest BCUT2D eigenvalue weighted by Gasteiger charge is 2.84. The van der Waals surface area contributed by atoms with Gasteiger partial charge in [-0.25, -0.2) is 0 Å². The van der Waals surface area contributed by atoms with Gasteiger partial charge >= 0.3 is 0 Å². The number of nitrogens with one attached hydrogen (secondary N) is 1. The maximum Gasteiger partial charge on any atom is 0.235 e. The Morgan fingerprint density at radius 1 is 1.17 bits per heavy atom. The largest absolute Gasteiger partial charge is 0.387 e. The first kappa shape index (κ1) is 10.5. The standard InChI is InChI=1S/C14H18ClNO2/c15-3-9(17)16-4-14(18)12-6-2-7-10-5(6)1-8(12)11(10)13(7)14/h5-8,10-13,18H,1-4H2,(H,16,17). The van der Waals surface area contributed by atoms with Gasteiger partial charge in [0.2, 0.25) is 5.91 Å². The van der Waals surface area contributed by atoms with E-state index in [0.29, 0.717) is 18.4 Å². The summed E-state index contributed by atoms with van der Waals surface area (Å²) in [7, 11) is 0. The van der Waals surface area contributed by atoms with E-state index in [1.54, 1.807) is 0 Å². The molecule has 5 saturated carbocycles. The Kier molecular flexibility index (Phi) is 1.69. The molecule has 2 N–H and O–H groups in total. The van der Waals surface area contributed by atoms with Crippen molar-refractivity contribution in [2.24, 2.45) is 47.3 Å². The summed E-state index contributed by atoms with van der Waals surface area (Å²) in [5.74, 6) is 5.76. The lowest BCUT2D eigenvalue weighted by Gasteiger charge is -2.51. The number of fused-ring (bicyclic) bond motifs is 2. The smallest absolute Gasteiger partial charge is 0.235 e. The van der Waals surface area contributed by atoms with E-state index >= 15 is 0 Å². The summed E-state index contributed by atoms with van der Waals surface area (Å²) >= 11 is 5.52. The van der Waals surface area contributed by atoms with Crippen molar-refractivity contribution in [2.45, 2.75) is 18.4 Å². The summed E-state index contributed by atoms with van der Waals surface area (Å²) in [5.41, 5.74) is -0.605. The number of hydrogen-bond acceptors (Lipinski definition) is 2. The second-order valence-electron chi connectivity index (χ2n) is 7.23. The molecule has 3 nitrogen and oxygen atoms in total. The lowest BCUT2D eigenvalue weighted by atomic mass is 9.56. The Labute approximate surface area is 111 Å². The zero-order valence-electron chi connectivity index (χ0n) is 10.2. The van der Waals surface area contributed by atoms with Crippen LogP contribution < -0.4 is 5.32 Å². The fourth-order valence-corrected chi connectivity index (χ4v) is 7.34. The number of halogens is 1. The van der Waals surface area contributed by atoms with E-state index in [2.05, 4.69) is 5.32 Å². The first-order valence-corrected chi connectivity index (χ1v) is 7.75. The van der Waals surface area contributed by atoms with Gasteiger partial charge in [0.15, 0.2) is 0 Å². The van der Waals surface area contributed by atoms with Gasteiger partial charge in [0.25, 0.3) is 0 Å². The molecule has 0 heterocycles. The zero-order chi connectivity index (χ0) is 12.2. The van der Waals surface area contributed by atoms with Crippen LogP contribution in [0.15, 0.2) is 0 Å². The van der Waals surface area contributed by atoms with E-state index < -0.39 is 5.60 Å². The molecular formula is C14H18ClNO2. The van der Waals surface area contributed by atoms with Gasteiger partial charge < -0.3 is 10.4 Å². The third-order valence-corrected chi connectivity index (χ3v) is 7.45. The van der Waals surface area contributed by atoms with E-state index in [9.17, 15) is 9.90 Å². The van der Waals surface area contributed by atoms with Crippen LogP contribution in [0, 0.1) is 47.3 Å². The van der Waals surface area contributed by atoms with Crippen molar-refractivity contribution in [3.8, 4) is 0 Å². The second kappa shape index (κ2) is 2.90. The van der Waals surface area contributed by atoms with Gasteiger partial charge in [0, 0.05) is 6.54 Å². The molecule has 2 bridgehead atoms. The zero-order valence-corrected chi connectivity index (χ0v) is 10.9. The van der Waals surface area contributed by atoms with Crippen molar-refractivity contribution in [1.29, 1.82) is 0 Å². The number of rotatable bonds is 3. The SMILES string of the molecule is O=C(CCl)NCC1(O)C2C3CC4C5C3CC2C5C41. The van der Waals surface area contributed by atoms with Gasteiger partial charge in [-0.1, -0.05) is 0 Å². The molecule has 0 radical (unpaired) electrons. The molecule has 5 fully saturated rings. The first-order chi connectivity index (χ1) is 8.66. The Balaban J connectivity index is 1.48. The van der Waals surface area contributed by atoms with Gasteiger partial charge in [-0.05, 0) is 60.2 Å². The van der Waals surface area contributed by atoms with Gasteiger partial charge in [-0.15, -0.1) is 11.6 Å². The van der Waals surface area contributed by atoms with Crippen molar-refractivity contribution in [3.05, 3.63) is 0 Å². The fraction of sp³-hybridized carbons (Fsp3) is 0.929. The van der Waals surface area contributed by atoms with Crippen LogP contribution in [0.3, 0.4) is 0 Å². The Morgan fingerprint density at radius 2 is 1.89 bits per heavy atom. The summed E-state index contributed by atoms with van der Waals surface area (Å²) in [5, 5.41) is 14.0. The molecule has 0 aromatic heterocycles. The molecule has 0 aliphatic heterocycles. The Bertz CT molecular complexity index is 449. The topological polar surface area (TPSA) is 49.3 Å². The molecule has 4 heteroatoms. The van der Waals surface area contributed by atoms with E-state index in [1.807, 2.05) is 0 Å². The van der Waals surface area contributed by atoms with Crippen LogP contribution in [0.25, 0.3) is 0 Å². The summed E-state index contributed by atoms with van der Waals surface area (Å²) in [6.45, 7) is 0.438. The molecular weight excluding hydrogens is 250 g/mol. The molecule has 0 aromatic carbocycles. The number of alkyl halides is 1. The van der Waals surface area contributed by atoms with Gasteiger partial charge in [0.1, 0.15) is 5.88 Å². The average Bonchev–Trinajstić information content (AvgIpc) is 2.84. The maximum absolute atomic E-state index is 11.4. The quantitative estimate of drug-likeness (QED) is 0.745. The van der Waals surface area contributed by atoms with Crippen LogP contribution in [0.2, 0.25) is 0 Å². The summed E-state index contributed by atoms with van der Waals surface area (Å²) in [6.07, 6.45) is 2.73. The van der Waals surface area contributed by atoms with Crippen LogP contribution >= 0.6 is 11.6 Å². The lowest BCUT2D eigenvalue weighted by molar-refractivity contribution is -0.136. The second-order valence-corrected chi connectivity index (χ2v) is 7.50. The third kappa shape index (κ3) is 0.839. The Hall–Kier alpha value is -0.280. The molecule has 0 saturated heterocycles. The van der Waals surface area contributed by atoms with E-state index in [1.165, 1.54) is 12.8 Å². The van der Waals surface area contributed by atoms with Crippen molar-refractivity contribution < 1.29 is 9.90 Å². The molecule has 18 heavy (non-hydrogen) atoms. The van der Waals surface area contributed by atoms with E-state index in [0.717, 1.165) is 35.5 Å². The minimum Gasteiger partial charge on any atom is -0.387 e. The molecule has 98 valence electrons. The van der Waals surface area contributed by atoms with E-state index in [4.69, 9.17) is 11.6 Å². The van der Waals surface area contributed by atoms with Gasteiger partial charge in [-0.3, -0.25) is 4.79 Å². The minimum absolute atomic E-state index is 0.00359. The molecule has 9 atom stereocenters. The van der Waals surface area contributed by atoms with Crippen molar-refractivity contribution in [3.63, 3.8) is 0 Å². The first-order valence-electron chi connectivity index (χ1n) is 7.22. The summed E-state index contributed by atoms with van der Waals surface area (Å²) in [6, 6.07) is 0. The van der Waals surface area contributed by atoms with Crippen molar-refractivity contribution >= 4 is 17.5 Å². The molecule has 5 aliphatic carbocycles. The predicted molar refractivity (Wildman–Crippen MR) is 65.8 cm³/mol. The molecule has 5 aliphatic rings. The van der Waals surface area contributed by atoms with Crippen LogP contribution in [-0.4, -0.2) is 29.0 Å². The average molecular weight is 268 g/mol. The van der Waals surface area contributed by atoms with Crippen molar-refractivity contribution in [1.82, 2.24) is 5.32 Å². The van der Waals surface area contributed by atoms with Crippen LogP contribution in [-0.2, 0) is 4.79 Å². The maximum atomic E-state index is 11.4. The summed E-state index contributed by atoms with van der Waals surface area (Å²) in [4.78, 5) is 11.4. The van der Waals surface area contributed by atoms with Gasteiger partial charge in [0.05, 0.1) is 5.60 Å². The fourth-order valence-electron chi connectivity index (χ4n) is 7.25. The minimum atomic E-state index is -0.605. The van der Waals surface area contributed by atoms with Crippen LogP contribution in [0.5, 0.6) is 0 Å². The number of hydrogen-bond donors (Lipinski definition) is 2. The normalized spacial score (nSPS) is 64.6. The number of carbonyl (C=O) groups is 1. The Morgan fingerprint density at radius 3 is 2.67 bits per heavy atom. The van der Waals surface area contributed by atoms with Crippen LogP contribution in [0.4, 0.5) is 0 Å². The number of aliphatic hydroxyl groups is 1. The molecule has 0 aromatic rings. The summed E-state index contributed by atoms with van der Waals surface area (Å²) < 4.78 is 0. The monoisotopic (exact) mass is 267 g/mol. The van der Waals surface area contributed by atoms with E-state index in [-0.39, 0.29) is 11.8 Å². The molecule has 0 spiro atoms. The number of amides is 1. The highest BCUT2D eigenvalue weighted by atomic mass is 35.5.